The van der Waals surface area contributed by atoms with E-state index in [1.54, 1.807) is 0 Å². The Labute approximate surface area is 94.9 Å². The van der Waals surface area contributed by atoms with Gasteiger partial charge in [0.2, 0.25) is 0 Å². The summed E-state index contributed by atoms with van der Waals surface area (Å²) in [5.74, 6) is 0. The molecule has 0 bridgehead atoms. The van der Waals surface area contributed by atoms with E-state index < -0.39 is 11.9 Å². The minimum Gasteiger partial charge on any atom is -0.396 e. The van der Waals surface area contributed by atoms with E-state index in [1.807, 2.05) is 0 Å². The van der Waals surface area contributed by atoms with E-state index in [-0.39, 0.29) is 16.9 Å². The quantitative estimate of drug-likeness (QED) is 0.832. The normalized spacial score (nSPS) is 11.8. The number of hydrogen-bond donors (Lipinski definition) is 1. The van der Waals surface area contributed by atoms with Crippen molar-refractivity contribution in [2.45, 2.75) is 6.18 Å². The lowest BCUT2D eigenvalue weighted by Crippen LogP contribution is -2.11. The monoisotopic (exact) mass is 242 g/mol. The lowest BCUT2D eigenvalue weighted by Gasteiger charge is -2.12. The van der Waals surface area contributed by atoms with Crippen molar-refractivity contribution in [2.24, 2.45) is 7.05 Å². The first-order valence-electron chi connectivity index (χ1n) is 4.71. The predicted molar refractivity (Wildman–Crippen MR) is 55.9 cm³/mol. The fourth-order valence-electron chi connectivity index (χ4n) is 1.61. The van der Waals surface area contributed by atoms with Crippen LogP contribution >= 0.6 is 0 Å². The van der Waals surface area contributed by atoms with Gasteiger partial charge in [0.1, 0.15) is 0 Å². The molecule has 0 unspecified atom stereocenters. The Hall–Kier alpha value is -2.05. The van der Waals surface area contributed by atoms with Gasteiger partial charge < -0.3 is 5.73 Å². The van der Waals surface area contributed by atoms with E-state index in [4.69, 9.17) is 5.73 Å². The largest absolute Gasteiger partial charge is 0.434 e. The van der Waals surface area contributed by atoms with Gasteiger partial charge in [0.05, 0.1) is 17.6 Å². The molecule has 2 rings (SSSR count). The molecule has 0 radical (unpaired) electrons. The summed E-state index contributed by atoms with van der Waals surface area (Å²) in [6.45, 7) is 0. The van der Waals surface area contributed by atoms with Gasteiger partial charge in [-0.2, -0.15) is 18.3 Å². The van der Waals surface area contributed by atoms with Gasteiger partial charge in [-0.05, 0) is 12.1 Å². The van der Waals surface area contributed by atoms with Gasteiger partial charge in [0.15, 0.2) is 5.69 Å². The molecule has 0 fully saturated rings. The zero-order chi connectivity index (χ0) is 12.6. The summed E-state index contributed by atoms with van der Waals surface area (Å²) in [5, 5.41) is 3.81. The van der Waals surface area contributed by atoms with Gasteiger partial charge in [-0.15, -0.1) is 0 Å². The number of nitrogens with two attached hydrogens (primary N) is 1. The minimum absolute atomic E-state index is 0.0718. The number of alkyl halides is 3. The Morgan fingerprint density at radius 2 is 2.06 bits per heavy atom. The van der Waals surface area contributed by atoms with Crippen molar-refractivity contribution in [2.75, 3.05) is 5.73 Å². The Kier molecular flexibility index (Phi) is 2.53. The van der Waals surface area contributed by atoms with E-state index in [1.165, 1.54) is 30.1 Å². The number of aryl methyl sites for hydroxylation is 1. The highest BCUT2D eigenvalue weighted by Gasteiger charge is 2.36. The third-order valence-corrected chi connectivity index (χ3v) is 2.30. The number of hydrogen-bond acceptors (Lipinski definition) is 3. The SMILES string of the molecule is Cn1ncc(N)c1-c1cccnc1C(F)(F)F. The van der Waals surface area contributed by atoms with Crippen molar-refractivity contribution < 1.29 is 13.2 Å². The molecule has 90 valence electrons. The summed E-state index contributed by atoms with van der Waals surface area (Å²) < 4.78 is 39.6. The van der Waals surface area contributed by atoms with Crippen LogP contribution in [-0.4, -0.2) is 14.8 Å². The van der Waals surface area contributed by atoms with Crippen LogP contribution in [-0.2, 0) is 13.2 Å². The Morgan fingerprint density at radius 1 is 1.35 bits per heavy atom. The molecular formula is C10H9F3N4. The van der Waals surface area contributed by atoms with Crippen LogP contribution in [0, 0.1) is 0 Å². The highest BCUT2D eigenvalue weighted by atomic mass is 19.4. The number of rotatable bonds is 1. The van der Waals surface area contributed by atoms with Crippen LogP contribution in [0.25, 0.3) is 11.3 Å². The summed E-state index contributed by atoms with van der Waals surface area (Å²) >= 11 is 0. The first kappa shape index (κ1) is 11.4. The molecule has 2 aromatic rings. The molecule has 0 aliphatic carbocycles. The second-order valence-electron chi connectivity index (χ2n) is 3.47. The summed E-state index contributed by atoms with van der Waals surface area (Å²) in [5.41, 5.74) is 4.97. The van der Waals surface area contributed by atoms with E-state index in [9.17, 15) is 13.2 Å². The maximum Gasteiger partial charge on any atom is 0.434 e. The first-order valence-corrected chi connectivity index (χ1v) is 4.71. The third-order valence-electron chi connectivity index (χ3n) is 2.30. The average Bonchev–Trinajstić information content (AvgIpc) is 2.57. The maximum atomic E-state index is 12.8. The number of halogens is 3. The Bertz CT molecular complexity index is 525. The summed E-state index contributed by atoms with van der Waals surface area (Å²) in [4.78, 5) is 3.37. The van der Waals surface area contributed by atoms with Crippen LogP contribution in [0.15, 0.2) is 24.5 Å². The van der Waals surface area contributed by atoms with E-state index >= 15 is 0 Å². The van der Waals surface area contributed by atoms with Crippen molar-refractivity contribution in [3.8, 4) is 11.3 Å². The van der Waals surface area contributed by atoms with E-state index in [0.717, 1.165) is 6.20 Å². The molecule has 0 saturated carbocycles. The van der Waals surface area contributed by atoms with Crippen molar-refractivity contribution >= 4 is 5.69 Å². The molecule has 4 nitrogen and oxygen atoms in total. The molecule has 0 aliphatic heterocycles. The van der Waals surface area contributed by atoms with Gasteiger partial charge >= 0.3 is 6.18 Å². The highest BCUT2D eigenvalue weighted by Crippen LogP contribution is 2.36. The summed E-state index contributed by atoms with van der Waals surface area (Å²) in [6.07, 6.45) is -2.12. The molecule has 0 atom stereocenters. The van der Waals surface area contributed by atoms with Crippen molar-refractivity contribution in [3.63, 3.8) is 0 Å². The Balaban J connectivity index is 2.69. The molecule has 2 aromatic heterocycles. The van der Waals surface area contributed by atoms with Crippen LogP contribution in [0.3, 0.4) is 0 Å². The van der Waals surface area contributed by atoms with Crippen LogP contribution in [0.4, 0.5) is 18.9 Å². The lowest BCUT2D eigenvalue weighted by molar-refractivity contribution is -0.140. The molecule has 0 saturated heterocycles. The van der Waals surface area contributed by atoms with Crippen molar-refractivity contribution in [3.05, 3.63) is 30.2 Å². The minimum atomic E-state index is -4.52. The van der Waals surface area contributed by atoms with Gasteiger partial charge in [0.25, 0.3) is 0 Å². The number of nitrogens with zero attached hydrogens (tertiary/aromatic N) is 3. The standard InChI is InChI=1S/C10H9F3N4/c1-17-8(7(14)5-16-17)6-3-2-4-15-9(6)10(11,12)13/h2-5H,14H2,1H3. The van der Waals surface area contributed by atoms with Crippen molar-refractivity contribution in [1.29, 1.82) is 0 Å². The molecule has 0 spiro atoms. The van der Waals surface area contributed by atoms with Crippen LogP contribution in [0.2, 0.25) is 0 Å². The molecule has 0 aromatic carbocycles. The molecule has 0 aliphatic rings. The molecule has 0 amide bonds. The van der Waals surface area contributed by atoms with Gasteiger partial charge in [-0.25, -0.2) is 0 Å². The second-order valence-corrected chi connectivity index (χ2v) is 3.47. The number of pyridine rings is 1. The average molecular weight is 242 g/mol. The third kappa shape index (κ3) is 1.95. The molecular weight excluding hydrogens is 233 g/mol. The predicted octanol–water partition coefficient (Wildman–Crippen LogP) is 2.08. The zero-order valence-electron chi connectivity index (χ0n) is 8.86. The molecule has 2 N–H and O–H groups in total. The second kappa shape index (κ2) is 3.76. The van der Waals surface area contributed by atoms with Gasteiger partial charge in [0, 0.05) is 18.8 Å². The van der Waals surface area contributed by atoms with Gasteiger partial charge in [-0.1, -0.05) is 0 Å². The summed E-state index contributed by atoms with van der Waals surface area (Å²) in [6, 6.07) is 2.75. The molecule has 7 heteroatoms. The van der Waals surface area contributed by atoms with E-state index in [0.29, 0.717) is 0 Å². The molecule has 17 heavy (non-hydrogen) atoms. The number of aromatic nitrogens is 3. The lowest BCUT2D eigenvalue weighted by atomic mass is 10.1. The fourth-order valence-corrected chi connectivity index (χ4v) is 1.61. The van der Waals surface area contributed by atoms with Crippen molar-refractivity contribution in [1.82, 2.24) is 14.8 Å². The van der Waals surface area contributed by atoms with Crippen LogP contribution in [0.1, 0.15) is 5.69 Å². The van der Waals surface area contributed by atoms with Crippen LogP contribution < -0.4 is 5.73 Å². The zero-order valence-corrected chi connectivity index (χ0v) is 8.86. The fraction of sp³-hybridized carbons (Fsp3) is 0.200. The summed E-state index contributed by atoms with van der Waals surface area (Å²) in [7, 11) is 1.53. The van der Waals surface area contributed by atoms with Crippen LogP contribution in [0.5, 0.6) is 0 Å². The molecule has 2 heterocycles. The topological polar surface area (TPSA) is 56.7 Å². The van der Waals surface area contributed by atoms with E-state index in [2.05, 4.69) is 10.1 Å². The maximum absolute atomic E-state index is 12.8. The number of nitrogen functional groups attached to an aromatic ring is 1. The Morgan fingerprint density at radius 3 is 2.59 bits per heavy atom. The smallest absolute Gasteiger partial charge is 0.396 e. The highest BCUT2D eigenvalue weighted by molar-refractivity contribution is 5.74. The number of anilines is 1. The van der Waals surface area contributed by atoms with Gasteiger partial charge in [-0.3, -0.25) is 9.67 Å². The first-order chi connectivity index (χ1) is 7.91.